The van der Waals surface area contributed by atoms with Crippen molar-refractivity contribution in [1.82, 2.24) is 15.5 Å². The van der Waals surface area contributed by atoms with Gasteiger partial charge in [-0.1, -0.05) is 6.07 Å². The zero-order valence-electron chi connectivity index (χ0n) is 13.1. The molecular weight excluding hydrogens is 346 g/mol. The number of thiocarbonyl (C=S) groups is 1. The largest absolute Gasteiger partial charge is 0.459 e. The van der Waals surface area contributed by atoms with Crippen molar-refractivity contribution in [2.45, 2.75) is 6.04 Å². The van der Waals surface area contributed by atoms with E-state index in [9.17, 15) is 4.79 Å². The quantitative estimate of drug-likeness (QED) is 0.791. The summed E-state index contributed by atoms with van der Waals surface area (Å²) in [6, 6.07) is 7.63. The minimum Gasteiger partial charge on any atom is -0.459 e. The Labute approximate surface area is 149 Å². The highest BCUT2D eigenvalue weighted by atomic mass is 32.1. The Morgan fingerprint density at radius 1 is 1.33 bits per heavy atom. The minimum absolute atomic E-state index is 0.201. The molecule has 3 heterocycles. The number of thiophene rings is 1. The molecular formula is C16H19N3O3S2. The summed E-state index contributed by atoms with van der Waals surface area (Å²) in [6.07, 6.45) is 1.45. The number of nitrogens with zero attached hydrogens (tertiary/aromatic N) is 1. The molecule has 6 nitrogen and oxygen atoms in total. The third kappa shape index (κ3) is 4.41. The Morgan fingerprint density at radius 2 is 2.17 bits per heavy atom. The van der Waals surface area contributed by atoms with Gasteiger partial charge in [0.15, 0.2) is 10.9 Å². The molecule has 1 aliphatic rings. The van der Waals surface area contributed by atoms with E-state index in [2.05, 4.69) is 27.0 Å². The zero-order chi connectivity index (χ0) is 16.8. The van der Waals surface area contributed by atoms with Crippen molar-refractivity contribution in [2.75, 3.05) is 32.8 Å². The molecule has 24 heavy (non-hydrogen) atoms. The van der Waals surface area contributed by atoms with Crippen LogP contribution in [-0.4, -0.2) is 48.8 Å². The first-order chi connectivity index (χ1) is 11.7. The van der Waals surface area contributed by atoms with Crippen LogP contribution in [0.25, 0.3) is 0 Å². The molecule has 0 spiro atoms. The number of nitrogens with one attached hydrogen (secondary N) is 2. The van der Waals surface area contributed by atoms with Crippen LogP contribution in [0.5, 0.6) is 0 Å². The van der Waals surface area contributed by atoms with Gasteiger partial charge in [0.1, 0.15) is 0 Å². The summed E-state index contributed by atoms with van der Waals surface area (Å²) in [5, 5.41) is 8.14. The van der Waals surface area contributed by atoms with Crippen molar-refractivity contribution >= 4 is 34.6 Å². The number of morpholine rings is 1. The number of rotatable bonds is 5. The predicted molar refractivity (Wildman–Crippen MR) is 96.2 cm³/mol. The van der Waals surface area contributed by atoms with Crippen LogP contribution in [-0.2, 0) is 4.74 Å². The van der Waals surface area contributed by atoms with Crippen molar-refractivity contribution in [1.29, 1.82) is 0 Å². The van der Waals surface area contributed by atoms with E-state index in [1.54, 1.807) is 23.5 Å². The molecule has 1 saturated heterocycles. The molecule has 0 aliphatic carbocycles. The SMILES string of the molecule is O=C(NC(=S)NC[C@@H](c1cccs1)N1CCOCC1)c1ccco1. The summed E-state index contributed by atoms with van der Waals surface area (Å²) in [5.74, 6) is -0.112. The van der Waals surface area contributed by atoms with E-state index in [4.69, 9.17) is 21.4 Å². The Kier molecular flexibility index (Phi) is 5.97. The molecule has 1 fully saturated rings. The topological polar surface area (TPSA) is 66.7 Å². The Morgan fingerprint density at radius 3 is 2.83 bits per heavy atom. The monoisotopic (exact) mass is 365 g/mol. The maximum Gasteiger partial charge on any atom is 0.293 e. The van der Waals surface area contributed by atoms with E-state index >= 15 is 0 Å². The molecule has 0 aromatic carbocycles. The number of hydrogen-bond acceptors (Lipinski definition) is 6. The van der Waals surface area contributed by atoms with Gasteiger partial charge in [-0.05, 0) is 35.8 Å². The molecule has 1 amide bonds. The first-order valence-electron chi connectivity index (χ1n) is 7.72. The third-order valence-electron chi connectivity index (χ3n) is 3.79. The maximum atomic E-state index is 11.9. The highest BCUT2D eigenvalue weighted by Gasteiger charge is 2.23. The summed E-state index contributed by atoms with van der Waals surface area (Å²) < 4.78 is 10.5. The Balaban J connectivity index is 1.56. The van der Waals surface area contributed by atoms with Gasteiger partial charge in [0.2, 0.25) is 0 Å². The second kappa shape index (κ2) is 8.39. The molecule has 1 atom stereocenters. The molecule has 3 rings (SSSR count). The molecule has 2 aromatic heterocycles. The highest BCUT2D eigenvalue weighted by molar-refractivity contribution is 7.80. The number of amides is 1. The summed E-state index contributed by atoms with van der Waals surface area (Å²) in [7, 11) is 0. The lowest BCUT2D eigenvalue weighted by Crippen LogP contribution is -2.46. The Bertz CT molecular complexity index is 652. The van der Waals surface area contributed by atoms with E-state index in [1.165, 1.54) is 11.1 Å². The van der Waals surface area contributed by atoms with Gasteiger partial charge in [0.25, 0.3) is 5.91 Å². The average molecular weight is 365 g/mol. The van der Waals surface area contributed by atoms with Crippen LogP contribution in [0, 0.1) is 0 Å². The summed E-state index contributed by atoms with van der Waals surface area (Å²) in [4.78, 5) is 15.6. The van der Waals surface area contributed by atoms with Crippen molar-refractivity contribution in [3.63, 3.8) is 0 Å². The summed E-state index contributed by atoms with van der Waals surface area (Å²) >= 11 is 6.95. The van der Waals surface area contributed by atoms with Crippen LogP contribution in [0.2, 0.25) is 0 Å². The van der Waals surface area contributed by atoms with Crippen LogP contribution in [0.15, 0.2) is 40.3 Å². The minimum atomic E-state index is -0.350. The van der Waals surface area contributed by atoms with Gasteiger partial charge < -0.3 is 14.5 Å². The molecule has 2 aromatic rings. The fraction of sp³-hybridized carbons (Fsp3) is 0.375. The van der Waals surface area contributed by atoms with Crippen LogP contribution in [0.1, 0.15) is 21.5 Å². The molecule has 2 N–H and O–H groups in total. The smallest absolute Gasteiger partial charge is 0.293 e. The fourth-order valence-electron chi connectivity index (χ4n) is 2.59. The van der Waals surface area contributed by atoms with Gasteiger partial charge in [-0.2, -0.15) is 0 Å². The van der Waals surface area contributed by atoms with Crippen molar-refractivity contribution in [2.24, 2.45) is 0 Å². The maximum absolute atomic E-state index is 11.9. The first-order valence-corrected chi connectivity index (χ1v) is 9.00. The van der Waals surface area contributed by atoms with Gasteiger partial charge in [0, 0.05) is 24.5 Å². The number of carbonyl (C=O) groups is 1. The lowest BCUT2D eigenvalue weighted by Gasteiger charge is -2.34. The lowest BCUT2D eigenvalue weighted by atomic mass is 10.2. The third-order valence-corrected chi connectivity index (χ3v) is 5.01. The lowest BCUT2D eigenvalue weighted by molar-refractivity contribution is 0.0177. The van der Waals surface area contributed by atoms with E-state index in [0.717, 1.165) is 26.3 Å². The second-order valence-corrected chi connectivity index (χ2v) is 6.71. The average Bonchev–Trinajstić information content (AvgIpc) is 3.30. The van der Waals surface area contributed by atoms with Gasteiger partial charge in [-0.25, -0.2) is 0 Å². The molecule has 0 unspecified atom stereocenters. The number of furan rings is 1. The Hall–Kier alpha value is -1.74. The normalized spacial score (nSPS) is 16.5. The zero-order valence-corrected chi connectivity index (χ0v) is 14.7. The summed E-state index contributed by atoms with van der Waals surface area (Å²) in [5.41, 5.74) is 0. The predicted octanol–water partition coefficient (Wildman–Crippen LogP) is 2.02. The fourth-order valence-corrected chi connectivity index (χ4v) is 3.62. The molecule has 0 radical (unpaired) electrons. The van der Waals surface area contributed by atoms with Gasteiger partial charge in [-0.15, -0.1) is 11.3 Å². The van der Waals surface area contributed by atoms with Crippen molar-refractivity contribution < 1.29 is 13.9 Å². The summed E-state index contributed by atoms with van der Waals surface area (Å²) in [6.45, 7) is 3.87. The van der Waals surface area contributed by atoms with E-state index in [1.807, 2.05) is 6.07 Å². The van der Waals surface area contributed by atoms with Crippen LogP contribution in [0.3, 0.4) is 0 Å². The standard InChI is InChI=1S/C16H19N3O3S2/c20-15(13-3-1-7-22-13)18-16(23)17-11-12(14-4-2-10-24-14)19-5-8-21-9-6-19/h1-4,7,10,12H,5-6,8-9,11H2,(H2,17,18,20,23)/t12-/m0/s1. The van der Waals surface area contributed by atoms with E-state index in [0.29, 0.717) is 11.7 Å². The number of ether oxygens (including phenoxy) is 1. The molecule has 128 valence electrons. The van der Waals surface area contributed by atoms with Crippen LogP contribution >= 0.6 is 23.6 Å². The number of hydrogen-bond donors (Lipinski definition) is 2. The van der Waals surface area contributed by atoms with Crippen molar-refractivity contribution in [3.05, 3.63) is 46.5 Å². The molecule has 0 saturated carbocycles. The van der Waals surface area contributed by atoms with Crippen LogP contribution < -0.4 is 10.6 Å². The molecule has 8 heteroatoms. The van der Waals surface area contributed by atoms with Gasteiger partial charge in [-0.3, -0.25) is 15.0 Å². The van der Waals surface area contributed by atoms with Crippen LogP contribution in [0.4, 0.5) is 0 Å². The highest BCUT2D eigenvalue weighted by Crippen LogP contribution is 2.25. The van der Waals surface area contributed by atoms with Crippen molar-refractivity contribution in [3.8, 4) is 0 Å². The molecule has 0 bridgehead atoms. The van der Waals surface area contributed by atoms with Gasteiger partial charge in [0.05, 0.1) is 25.5 Å². The molecule has 1 aliphatic heterocycles. The van der Waals surface area contributed by atoms with E-state index < -0.39 is 0 Å². The number of carbonyl (C=O) groups excluding carboxylic acids is 1. The first kappa shape index (κ1) is 17.1. The van der Waals surface area contributed by atoms with Gasteiger partial charge >= 0.3 is 0 Å². The van der Waals surface area contributed by atoms with E-state index in [-0.39, 0.29) is 17.7 Å². The second-order valence-electron chi connectivity index (χ2n) is 5.32.